The smallest absolute Gasteiger partial charge is 0.252 e. The van der Waals surface area contributed by atoms with Crippen LogP contribution in [0, 0.1) is 0 Å². The van der Waals surface area contributed by atoms with Gasteiger partial charge in [0.15, 0.2) is 11.5 Å². The van der Waals surface area contributed by atoms with E-state index in [0.717, 1.165) is 18.4 Å². The van der Waals surface area contributed by atoms with Crippen LogP contribution in [0.25, 0.3) is 0 Å². The third kappa shape index (κ3) is 1.97. The number of benzene rings is 1. The summed E-state index contributed by atoms with van der Waals surface area (Å²) < 4.78 is 11.4. The molecular formula is C14H17ClO3. The first-order valence-corrected chi connectivity index (χ1v) is 6.53. The van der Waals surface area contributed by atoms with Gasteiger partial charge in [0.1, 0.15) is 5.60 Å². The highest BCUT2D eigenvalue weighted by molar-refractivity contribution is 6.68. The van der Waals surface area contributed by atoms with Crippen LogP contribution >= 0.6 is 11.6 Å². The molecule has 0 fully saturated rings. The molecule has 0 aliphatic carbocycles. The highest BCUT2D eigenvalue weighted by Crippen LogP contribution is 2.46. The number of halogens is 1. The molecule has 0 radical (unpaired) electrons. The monoisotopic (exact) mass is 268 g/mol. The van der Waals surface area contributed by atoms with Gasteiger partial charge in [0.2, 0.25) is 0 Å². The normalized spacial score (nSPS) is 16.0. The van der Waals surface area contributed by atoms with E-state index in [0.29, 0.717) is 23.5 Å². The summed E-state index contributed by atoms with van der Waals surface area (Å²) >= 11 is 5.63. The van der Waals surface area contributed by atoms with Crippen molar-refractivity contribution in [2.45, 2.75) is 38.7 Å². The van der Waals surface area contributed by atoms with Crippen LogP contribution in [0.15, 0.2) is 12.1 Å². The zero-order chi connectivity index (χ0) is 13.3. The molecular weight excluding hydrogens is 252 g/mol. The Kier molecular flexibility index (Phi) is 3.53. The molecule has 2 rings (SSSR count). The molecule has 1 aromatic rings. The zero-order valence-corrected chi connectivity index (χ0v) is 11.6. The highest BCUT2D eigenvalue weighted by atomic mass is 35.5. The van der Waals surface area contributed by atoms with Crippen molar-refractivity contribution in [3.8, 4) is 11.5 Å². The topological polar surface area (TPSA) is 35.5 Å². The van der Waals surface area contributed by atoms with Crippen molar-refractivity contribution < 1.29 is 14.3 Å². The third-order valence-electron chi connectivity index (χ3n) is 3.76. The Labute approximate surface area is 112 Å². The average Bonchev–Trinajstić information content (AvgIpc) is 2.77. The van der Waals surface area contributed by atoms with E-state index in [1.54, 1.807) is 19.2 Å². The summed E-state index contributed by atoms with van der Waals surface area (Å²) in [5, 5.41) is -0.444. The number of fused-ring (bicyclic) bond motifs is 1. The van der Waals surface area contributed by atoms with Crippen molar-refractivity contribution in [1.29, 1.82) is 0 Å². The molecule has 98 valence electrons. The van der Waals surface area contributed by atoms with Crippen LogP contribution in [-0.2, 0) is 6.42 Å². The summed E-state index contributed by atoms with van der Waals surface area (Å²) in [5.74, 6) is 1.34. The Morgan fingerprint density at radius 1 is 1.44 bits per heavy atom. The molecule has 0 atom stereocenters. The molecule has 0 amide bonds. The average molecular weight is 269 g/mol. The molecule has 0 saturated heterocycles. The molecule has 1 aromatic carbocycles. The second kappa shape index (κ2) is 4.81. The fraction of sp³-hybridized carbons (Fsp3) is 0.500. The maximum Gasteiger partial charge on any atom is 0.252 e. The first-order chi connectivity index (χ1) is 8.56. The summed E-state index contributed by atoms with van der Waals surface area (Å²) in [7, 11) is 1.60. The lowest BCUT2D eigenvalue weighted by Gasteiger charge is -2.25. The van der Waals surface area contributed by atoms with Gasteiger partial charge in [-0.25, -0.2) is 0 Å². The van der Waals surface area contributed by atoms with E-state index in [9.17, 15) is 4.79 Å². The minimum Gasteiger partial charge on any atom is -0.493 e. The summed E-state index contributed by atoms with van der Waals surface area (Å²) in [6, 6.07) is 3.44. The molecule has 1 aliphatic rings. The Hall–Kier alpha value is -1.22. The maximum atomic E-state index is 11.5. The maximum absolute atomic E-state index is 11.5. The number of hydrogen-bond donors (Lipinski definition) is 0. The van der Waals surface area contributed by atoms with Gasteiger partial charge in [-0.2, -0.15) is 0 Å². The van der Waals surface area contributed by atoms with E-state index in [1.807, 2.05) is 0 Å². The predicted molar refractivity (Wildman–Crippen MR) is 70.8 cm³/mol. The molecule has 18 heavy (non-hydrogen) atoms. The quantitative estimate of drug-likeness (QED) is 0.783. The number of ether oxygens (including phenoxy) is 2. The molecule has 4 heteroatoms. The molecule has 1 heterocycles. The van der Waals surface area contributed by atoms with Gasteiger partial charge < -0.3 is 9.47 Å². The number of methoxy groups -OCH3 is 1. The van der Waals surface area contributed by atoms with Crippen LogP contribution in [0.5, 0.6) is 11.5 Å². The van der Waals surface area contributed by atoms with Gasteiger partial charge in [0.05, 0.1) is 7.11 Å². The van der Waals surface area contributed by atoms with E-state index in [2.05, 4.69) is 13.8 Å². The SMILES string of the molecule is CCC1(CC)Cc2c(C(=O)Cl)ccc(OC)c2O1. The highest BCUT2D eigenvalue weighted by Gasteiger charge is 2.40. The Balaban J connectivity index is 2.54. The standard InChI is InChI=1S/C14H17ClO3/c1-4-14(5-2)8-10-9(13(15)16)6-7-11(17-3)12(10)18-14/h6-7H,4-5,8H2,1-3H3. The molecule has 0 saturated carbocycles. The largest absolute Gasteiger partial charge is 0.493 e. The van der Waals surface area contributed by atoms with Crippen LogP contribution < -0.4 is 9.47 Å². The van der Waals surface area contributed by atoms with Crippen molar-refractivity contribution in [2.75, 3.05) is 7.11 Å². The van der Waals surface area contributed by atoms with Crippen LogP contribution in [0.1, 0.15) is 42.6 Å². The first-order valence-electron chi connectivity index (χ1n) is 6.15. The van der Waals surface area contributed by atoms with Gasteiger partial charge in [-0.05, 0) is 36.6 Å². The van der Waals surface area contributed by atoms with Crippen molar-refractivity contribution in [3.05, 3.63) is 23.3 Å². The number of hydrogen-bond acceptors (Lipinski definition) is 3. The van der Waals surface area contributed by atoms with Gasteiger partial charge in [-0.1, -0.05) is 13.8 Å². The van der Waals surface area contributed by atoms with Gasteiger partial charge in [-0.3, -0.25) is 4.79 Å². The lowest BCUT2D eigenvalue weighted by Crippen LogP contribution is -2.32. The van der Waals surface area contributed by atoms with E-state index in [4.69, 9.17) is 21.1 Å². The van der Waals surface area contributed by atoms with Crippen LogP contribution in [0.3, 0.4) is 0 Å². The van der Waals surface area contributed by atoms with Crippen molar-refractivity contribution in [3.63, 3.8) is 0 Å². The number of carbonyl (C=O) groups is 1. The van der Waals surface area contributed by atoms with Crippen molar-refractivity contribution in [2.24, 2.45) is 0 Å². The summed E-state index contributed by atoms with van der Waals surface area (Å²) in [6.45, 7) is 4.17. The summed E-state index contributed by atoms with van der Waals surface area (Å²) in [4.78, 5) is 11.5. The minimum absolute atomic E-state index is 0.238. The number of carbonyl (C=O) groups excluding carboxylic acids is 1. The van der Waals surface area contributed by atoms with Crippen molar-refractivity contribution >= 4 is 16.8 Å². The van der Waals surface area contributed by atoms with Gasteiger partial charge >= 0.3 is 0 Å². The van der Waals surface area contributed by atoms with Gasteiger partial charge in [0, 0.05) is 17.5 Å². The molecule has 1 aliphatic heterocycles. The van der Waals surface area contributed by atoms with E-state index in [1.165, 1.54) is 0 Å². The van der Waals surface area contributed by atoms with Crippen LogP contribution in [-0.4, -0.2) is 18.0 Å². The van der Waals surface area contributed by atoms with Crippen LogP contribution in [0.2, 0.25) is 0 Å². The van der Waals surface area contributed by atoms with Crippen molar-refractivity contribution in [1.82, 2.24) is 0 Å². The van der Waals surface area contributed by atoms with Gasteiger partial charge in [0.25, 0.3) is 5.24 Å². The Bertz CT molecular complexity index is 478. The molecule has 0 spiro atoms. The van der Waals surface area contributed by atoms with Gasteiger partial charge in [-0.15, -0.1) is 0 Å². The molecule has 0 bridgehead atoms. The molecule has 3 nitrogen and oxygen atoms in total. The number of rotatable bonds is 4. The fourth-order valence-electron chi connectivity index (χ4n) is 2.46. The molecule has 0 aromatic heterocycles. The summed E-state index contributed by atoms with van der Waals surface area (Å²) in [6.07, 6.45) is 2.48. The Morgan fingerprint density at radius 2 is 2.11 bits per heavy atom. The lowest BCUT2D eigenvalue weighted by atomic mass is 9.90. The van der Waals surface area contributed by atoms with E-state index in [-0.39, 0.29) is 5.60 Å². The minimum atomic E-state index is -0.444. The molecule has 0 unspecified atom stereocenters. The second-order valence-corrected chi connectivity index (χ2v) is 4.91. The summed E-state index contributed by atoms with van der Waals surface area (Å²) in [5.41, 5.74) is 1.16. The zero-order valence-electron chi connectivity index (χ0n) is 10.9. The first kappa shape index (κ1) is 13.2. The third-order valence-corrected chi connectivity index (χ3v) is 3.97. The van der Waals surface area contributed by atoms with E-state index < -0.39 is 5.24 Å². The fourth-order valence-corrected chi connectivity index (χ4v) is 2.63. The second-order valence-electron chi connectivity index (χ2n) is 4.57. The van der Waals surface area contributed by atoms with E-state index >= 15 is 0 Å². The molecule has 0 N–H and O–H groups in total. The Morgan fingerprint density at radius 3 is 2.61 bits per heavy atom. The van der Waals surface area contributed by atoms with Crippen LogP contribution in [0.4, 0.5) is 0 Å². The predicted octanol–water partition coefficient (Wildman–Crippen LogP) is 3.57. The lowest BCUT2D eigenvalue weighted by molar-refractivity contribution is 0.0828.